The molecular weight excluding hydrogens is 276 g/mol. The van der Waals surface area contributed by atoms with Crippen LogP contribution >= 0.6 is 0 Å². The minimum atomic E-state index is 0.293. The van der Waals surface area contributed by atoms with Crippen LogP contribution in [0.1, 0.15) is 17.2 Å². The number of anilines is 1. The highest BCUT2D eigenvalue weighted by atomic mass is 16.5. The van der Waals surface area contributed by atoms with E-state index in [4.69, 9.17) is 4.74 Å². The molecule has 2 heterocycles. The van der Waals surface area contributed by atoms with Gasteiger partial charge in [-0.1, -0.05) is 24.3 Å². The smallest absolute Gasteiger partial charge is 0.147 e. The van der Waals surface area contributed by atoms with Gasteiger partial charge in [0.25, 0.3) is 0 Å². The number of aromatic nitrogens is 2. The van der Waals surface area contributed by atoms with E-state index in [1.54, 1.807) is 19.5 Å². The van der Waals surface area contributed by atoms with Crippen LogP contribution in [0.2, 0.25) is 0 Å². The van der Waals surface area contributed by atoms with E-state index in [9.17, 15) is 0 Å². The van der Waals surface area contributed by atoms with Crippen LogP contribution in [-0.2, 0) is 11.2 Å². The molecule has 0 spiro atoms. The van der Waals surface area contributed by atoms with E-state index in [-0.39, 0.29) is 0 Å². The molecular formula is C17H22N4O. The number of nitrogens with zero attached hydrogens (tertiary/aromatic N) is 3. The van der Waals surface area contributed by atoms with Crippen molar-refractivity contribution in [2.45, 2.75) is 12.5 Å². The zero-order valence-electron chi connectivity index (χ0n) is 12.9. The summed E-state index contributed by atoms with van der Waals surface area (Å²) in [4.78, 5) is 11.0. The number of piperazine rings is 1. The summed E-state index contributed by atoms with van der Waals surface area (Å²) in [5, 5.41) is 3.47. The van der Waals surface area contributed by atoms with E-state index >= 15 is 0 Å². The normalized spacial score (nSPS) is 18.4. The van der Waals surface area contributed by atoms with Crippen LogP contribution in [0.25, 0.3) is 0 Å². The Morgan fingerprint density at radius 1 is 1.27 bits per heavy atom. The van der Waals surface area contributed by atoms with Gasteiger partial charge in [-0.15, -0.1) is 0 Å². The van der Waals surface area contributed by atoms with Crippen molar-refractivity contribution in [3.8, 4) is 0 Å². The van der Waals surface area contributed by atoms with Crippen LogP contribution < -0.4 is 10.2 Å². The lowest BCUT2D eigenvalue weighted by molar-refractivity contribution is 0.202. The Hall–Kier alpha value is -1.98. The molecule has 1 unspecified atom stereocenters. The second-order valence-corrected chi connectivity index (χ2v) is 5.46. The SMILES string of the molecule is COCCc1ccc(C2CNCCN2c2cnccn2)cc1. The Kier molecular flexibility index (Phi) is 4.98. The van der Waals surface area contributed by atoms with E-state index < -0.39 is 0 Å². The number of ether oxygens (including phenoxy) is 1. The molecule has 5 heteroatoms. The summed E-state index contributed by atoms with van der Waals surface area (Å²) in [7, 11) is 1.74. The minimum Gasteiger partial charge on any atom is -0.384 e. The lowest BCUT2D eigenvalue weighted by Crippen LogP contribution is -2.46. The van der Waals surface area contributed by atoms with Crippen molar-refractivity contribution < 1.29 is 4.74 Å². The van der Waals surface area contributed by atoms with Crippen LogP contribution in [0, 0.1) is 0 Å². The number of hydrogen-bond acceptors (Lipinski definition) is 5. The first-order valence-corrected chi connectivity index (χ1v) is 7.69. The molecule has 5 nitrogen and oxygen atoms in total. The first-order valence-electron chi connectivity index (χ1n) is 7.69. The second kappa shape index (κ2) is 7.33. The van der Waals surface area contributed by atoms with Crippen LogP contribution in [0.5, 0.6) is 0 Å². The molecule has 1 atom stereocenters. The molecule has 116 valence electrons. The van der Waals surface area contributed by atoms with Crippen molar-refractivity contribution in [3.05, 3.63) is 54.0 Å². The summed E-state index contributed by atoms with van der Waals surface area (Å²) < 4.78 is 5.13. The Bertz CT molecular complexity index is 573. The average molecular weight is 298 g/mol. The van der Waals surface area contributed by atoms with Crippen molar-refractivity contribution in [3.63, 3.8) is 0 Å². The zero-order chi connectivity index (χ0) is 15.2. The highest BCUT2D eigenvalue weighted by Crippen LogP contribution is 2.26. The maximum Gasteiger partial charge on any atom is 0.147 e. The Labute approximate surface area is 131 Å². The van der Waals surface area contributed by atoms with Crippen molar-refractivity contribution in [1.82, 2.24) is 15.3 Å². The van der Waals surface area contributed by atoms with Crippen LogP contribution in [0.4, 0.5) is 5.82 Å². The van der Waals surface area contributed by atoms with Gasteiger partial charge in [-0.2, -0.15) is 0 Å². The molecule has 0 saturated carbocycles. The average Bonchev–Trinajstić information content (AvgIpc) is 2.61. The first-order chi connectivity index (χ1) is 10.9. The molecule has 1 aliphatic rings. The van der Waals surface area contributed by atoms with Gasteiger partial charge >= 0.3 is 0 Å². The highest BCUT2D eigenvalue weighted by Gasteiger charge is 2.24. The third-order valence-electron chi connectivity index (χ3n) is 4.05. The standard InChI is InChI=1S/C17H22N4O/c1-22-11-6-14-2-4-15(5-3-14)16-12-19-9-10-21(16)17-13-18-7-8-20-17/h2-5,7-8,13,16,19H,6,9-12H2,1H3. The lowest BCUT2D eigenvalue weighted by atomic mass is 10.0. The monoisotopic (exact) mass is 298 g/mol. The molecule has 0 amide bonds. The van der Waals surface area contributed by atoms with Gasteiger partial charge in [-0.3, -0.25) is 4.98 Å². The Morgan fingerprint density at radius 2 is 2.14 bits per heavy atom. The van der Waals surface area contributed by atoms with E-state index in [2.05, 4.69) is 44.5 Å². The highest BCUT2D eigenvalue weighted by molar-refractivity contribution is 5.42. The summed E-state index contributed by atoms with van der Waals surface area (Å²) in [6.45, 7) is 3.60. The summed E-state index contributed by atoms with van der Waals surface area (Å²) >= 11 is 0. The van der Waals surface area contributed by atoms with Crippen molar-refractivity contribution >= 4 is 5.82 Å². The third-order valence-corrected chi connectivity index (χ3v) is 4.05. The summed E-state index contributed by atoms with van der Waals surface area (Å²) in [5.41, 5.74) is 2.61. The van der Waals surface area contributed by atoms with Crippen LogP contribution in [0.15, 0.2) is 42.9 Å². The fraction of sp³-hybridized carbons (Fsp3) is 0.412. The molecule has 22 heavy (non-hydrogen) atoms. The number of benzene rings is 1. The maximum absolute atomic E-state index is 5.13. The predicted octanol–water partition coefficient (Wildman–Crippen LogP) is 1.82. The maximum atomic E-state index is 5.13. The topological polar surface area (TPSA) is 50.3 Å². The molecule has 1 saturated heterocycles. The van der Waals surface area contributed by atoms with Gasteiger partial charge in [0.2, 0.25) is 0 Å². The molecule has 3 rings (SSSR count). The molecule has 1 fully saturated rings. The first kappa shape index (κ1) is 14.9. The van der Waals surface area contributed by atoms with E-state index in [0.717, 1.165) is 38.5 Å². The van der Waals surface area contributed by atoms with Crippen molar-refractivity contribution in [2.24, 2.45) is 0 Å². The van der Waals surface area contributed by atoms with E-state index in [1.807, 2.05) is 6.20 Å². The Balaban J connectivity index is 1.78. The molecule has 0 radical (unpaired) electrons. The van der Waals surface area contributed by atoms with Gasteiger partial charge in [0, 0.05) is 39.1 Å². The summed E-state index contributed by atoms with van der Waals surface area (Å²) in [6, 6.07) is 9.11. The largest absolute Gasteiger partial charge is 0.384 e. The molecule has 1 aromatic heterocycles. The summed E-state index contributed by atoms with van der Waals surface area (Å²) in [5.74, 6) is 0.942. The molecule has 1 aliphatic heterocycles. The van der Waals surface area contributed by atoms with Gasteiger partial charge in [-0.05, 0) is 17.5 Å². The molecule has 1 aromatic carbocycles. The number of rotatable bonds is 5. The van der Waals surface area contributed by atoms with Gasteiger partial charge in [0.1, 0.15) is 5.82 Å². The number of nitrogens with one attached hydrogen (secondary N) is 1. The van der Waals surface area contributed by atoms with Crippen molar-refractivity contribution in [1.29, 1.82) is 0 Å². The third kappa shape index (κ3) is 3.43. The fourth-order valence-corrected chi connectivity index (χ4v) is 2.84. The summed E-state index contributed by atoms with van der Waals surface area (Å²) in [6.07, 6.45) is 6.26. The van der Waals surface area contributed by atoms with Crippen LogP contribution in [0.3, 0.4) is 0 Å². The molecule has 2 aromatic rings. The number of methoxy groups -OCH3 is 1. The van der Waals surface area contributed by atoms with Gasteiger partial charge in [-0.25, -0.2) is 4.98 Å². The second-order valence-electron chi connectivity index (χ2n) is 5.46. The minimum absolute atomic E-state index is 0.293. The van der Waals surface area contributed by atoms with Gasteiger partial charge in [0.15, 0.2) is 0 Å². The zero-order valence-corrected chi connectivity index (χ0v) is 12.9. The van der Waals surface area contributed by atoms with E-state index in [0.29, 0.717) is 6.04 Å². The van der Waals surface area contributed by atoms with Crippen LogP contribution in [-0.4, -0.2) is 43.3 Å². The molecule has 0 bridgehead atoms. The van der Waals surface area contributed by atoms with Gasteiger partial charge in [0.05, 0.1) is 18.8 Å². The number of hydrogen-bond donors (Lipinski definition) is 1. The molecule has 0 aliphatic carbocycles. The Morgan fingerprint density at radius 3 is 2.86 bits per heavy atom. The quantitative estimate of drug-likeness (QED) is 0.912. The predicted molar refractivity (Wildman–Crippen MR) is 87.0 cm³/mol. The lowest BCUT2D eigenvalue weighted by Gasteiger charge is -2.37. The van der Waals surface area contributed by atoms with Gasteiger partial charge < -0.3 is 15.0 Å². The van der Waals surface area contributed by atoms with Crippen molar-refractivity contribution in [2.75, 3.05) is 38.3 Å². The molecule has 1 N–H and O–H groups in total. The fourth-order valence-electron chi connectivity index (χ4n) is 2.84. The van der Waals surface area contributed by atoms with E-state index in [1.165, 1.54) is 11.1 Å².